The van der Waals surface area contributed by atoms with Gasteiger partial charge in [-0.05, 0) is 55.5 Å². The van der Waals surface area contributed by atoms with Crippen molar-refractivity contribution >= 4 is 15.8 Å². The van der Waals surface area contributed by atoms with Crippen LogP contribution >= 0.6 is 0 Å². The molecule has 7 nitrogen and oxygen atoms in total. The van der Waals surface area contributed by atoms with E-state index >= 15 is 0 Å². The van der Waals surface area contributed by atoms with Crippen molar-refractivity contribution in [3.63, 3.8) is 0 Å². The number of carbonyl (C=O) groups is 1. The SMILES string of the molecule is Cc1c(S(=O)(=O)c2ccc(F)cc2)nnn1-c1ccc(C(=O)O)cc1. The van der Waals surface area contributed by atoms with Crippen molar-refractivity contribution in [2.45, 2.75) is 16.8 Å². The minimum Gasteiger partial charge on any atom is -0.478 e. The van der Waals surface area contributed by atoms with Gasteiger partial charge in [0, 0.05) is 0 Å². The minimum atomic E-state index is -3.95. The number of benzene rings is 2. The number of aromatic nitrogens is 3. The molecule has 0 bridgehead atoms. The molecular formula is C16H12FN3O4S. The van der Waals surface area contributed by atoms with Crippen LogP contribution in [0.25, 0.3) is 5.69 Å². The zero-order valence-corrected chi connectivity index (χ0v) is 13.7. The third-order valence-electron chi connectivity index (χ3n) is 3.59. The van der Waals surface area contributed by atoms with E-state index in [1.165, 1.54) is 35.9 Å². The van der Waals surface area contributed by atoms with Gasteiger partial charge in [-0.25, -0.2) is 22.3 Å². The van der Waals surface area contributed by atoms with Gasteiger partial charge in [0.05, 0.1) is 21.8 Å². The summed E-state index contributed by atoms with van der Waals surface area (Å²) in [6.07, 6.45) is 0. The molecule has 0 aliphatic carbocycles. The van der Waals surface area contributed by atoms with Crippen molar-refractivity contribution < 1.29 is 22.7 Å². The van der Waals surface area contributed by atoms with Crippen molar-refractivity contribution in [1.82, 2.24) is 15.0 Å². The predicted molar refractivity (Wildman–Crippen MR) is 84.9 cm³/mol. The maximum atomic E-state index is 13.0. The first-order chi connectivity index (χ1) is 11.8. The molecule has 0 saturated heterocycles. The zero-order chi connectivity index (χ0) is 18.2. The van der Waals surface area contributed by atoms with Crippen LogP contribution in [0.4, 0.5) is 4.39 Å². The molecule has 0 fully saturated rings. The Labute approximate surface area is 142 Å². The van der Waals surface area contributed by atoms with Gasteiger partial charge in [0.2, 0.25) is 14.9 Å². The average Bonchev–Trinajstić information content (AvgIpc) is 2.97. The van der Waals surface area contributed by atoms with Gasteiger partial charge in [-0.1, -0.05) is 5.21 Å². The van der Waals surface area contributed by atoms with Gasteiger partial charge in [-0.2, -0.15) is 0 Å². The fourth-order valence-electron chi connectivity index (χ4n) is 2.28. The van der Waals surface area contributed by atoms with Crippen LogP contribution in [0.3, 0.4) is 0 Å². The molecular weight excluding hydrogens is 349 g/mol. The van der Waals surface area contributed by atoms with Crippen LogP contribution in [0.1, 0.15) is 16.1 Å². The van der Waals surface area contributed by atoms with Crippen LogP contribution in [0.15, 0.2) is 58.5 Å². The van der Waals surface area contributed by atoms with E-state index in [9.17, 15) is 17.6 Å². The maximum absolute atomic E-state index is 13.0. The first-order valence-electron chi connectivity index (χ1n) is 7.07. The summed E-state index contributed by atoms with van der Waals surface area (Å²) in [7, 11) is -3.95. The number of halogens is 1. The lowest BCUT2D eigenvalue weighted by Crippen LogP contribution is -2.06. The van der Waals surface area contributed by atoms with Gasteiger partial charge < -0.3 is 5.11 Å². The number of hydrogen-bond donors (Lipinski definition) is 1. The van der Waals surface area contributed by atoms with E-state index in [-0.39, 0.29) is 21.2 Å². The molecule has 1 N–H and O–H groups in total. The lowest BCUT2D eigenvalue weighted by molar-refractivity contribution is 0.0697. The Balaban J connectivity index is 2.03. The monoisotopic (exact) mass is 361 g/mol. The highest BCUT2D eigenvalue weighted by Gasteiger charge is 2.25. The van der Waals surface area contributed by atoms with Crippen molar-refractivity contribution in [2.24, 2.45) is 0 Å². The molecule has 0 aliphatic heterocycles. The molecule has 0 unspecified atom stereocenters. The second kappa shape index (κ2) is 6.10. The summed E-state index contributed by atoms with van der Waals surface area (Å²) >= 11 is 0. The minimum absolute atomic E-state index is 0.0923. The molecule has 1 aromatic heterocycles. The summed E-state index contributed by atoms with van der Waals surface area (Å²) in [6.45, 7) is 1.53. The molecule has 128 valence electrons. The molecule has 0 spiro atoms. The number of rotatable bonds is 4. The van der Waals surface area contributed by atoms with Gasteiger partial charge in [-0.3, -0.25) is 0 Å². The predicted octanol–water partition coefficient (Wildman–Crippen LogP) is 2.25. The number of carboxylic acids is 1. The molecule has 3 rings (SSSR count). The van der Waals surface area contributed by atoms with E-state index < -0.39 is 21.6 Å². The average molecular weight is 361 g/mol. The largest absolute Gasteiger partial charge is 0.478 e. The van der Waals surface area contributed by atoms with E-state index in [0.29, 0.717) is 5.69 Å². The van der Waals surface area contributed by atoms with Crippen molar-refractivity contribution in [2.75, 3.05) is 0 Å². The highest BCUT2D eigenvalue weighted by molar-refractivity contribution is 7.91. The van der Waals surface area contributed by atoms with Gasteiger partial charge in [0.25, 0.3) is 0 Å². The van der Waals surface area contributed by atoms with Gasteiger partial charge in [0.15, 0.2) is 0 Å². The summed E-state index contributed by atoms with van der Waals surface area (Å²) in [5.41, 5.74) is 0.823. The van der Waals surface area contributed by atoms with Crippen molar-refractivity contribution in [3.8, 4) is 5.69 Å². The van der Waals surface area contributed by atoms with Crippen LogP contribution in [0, 0.1) is 12.7 Å². The topological polar surface area (TPSA) is 102 Å². The number of carboxylic acid groups (broad SMARTS) is 1. The second-order valence-corrected chi connectivity index (χ2v) is 7.07. The highest BCUT2D eigenvalue weighted by Crippen LogP contribution is 2.23. The standard InChI is InChI=1S/C16H12FN3O4S/c1-10-15(25(23,24)14-8-4-12(17)5-9-14)18-19-20(10)13-6-2-11(3-7-13)16(21)22/h2-9H,1H3,(H,21,22). The van der Waals surface area contributed by atoms with E-state index in [0.717, 1.165) is 24.3 Å². The summed E-state index contributed by atoms with van der Waals surface area (Å²) in [5.74, 6) is -1.61. The van der Waals surface area contributed by atoms with Crippen LogP contribution in [0.2, 0.25) is 0 Å². The lowest BCUT2D eigenvalue weighted by atomic mass is 10.2. The Kier molecular flexibility index (Phi) is 4.09. The fraction of sp³-hybridized carbons (Fsp3) is 0.0625. The number of nitrogens with zero attached hydrogens (tertiary/aromatic N) is 3. The Morgan fingerprint density at radius 2 is 1.68 bits per heavy atom. The molecule has 1 heterocycles. The van der Waals surface area contributed by atoms with Crippen molar-refractivity contribution in [3.05, 3.63) is 65.6 Å². The third-order valence-corrected chi connectivity index (χ3v) is 5.37. The van der Waals surface area contributed by atoms with E-state index in [1.807, 2.05) is 0 Å². The quantitative estimate of drug-likeness (QED) is 0.715. The smallest absolute Gasteiger partial charge is 0.335 e. The molecule has 0 amide bonds. The molecule has 25 heavy (non-hydrogen) atoms. The second-order valence-electron chi connectivity index (χ2n) is 5.20. The van der Waals surface area contributed by atoms with Crippen LogP contribution < -0.4 is 0 Å². The maximum Gasteiger partial charge on any atom is 0.335 e. The van der Waals surface area contributed by atoms with E-state index in [2.05, 4.69) is 10.3 Å². The number of hydrogen-bond acceptors (Lipinski definition) is 5. The van der Waals surface area contributed by atoms with E-state index in [1.54, 1.807) is 0 Å². The Morgan fingerprint density at radius 1 is 1.08 bits per heavy atom. The van der Waals surface area contributed by atoms with Crippen LogP contribution in [0.5, 0.6) is 0 Å². The molecule has 0 saturated carbocycles. The summed E-state index contributed by atoms with van der Waals surface area (Å²) < 4.78 is 39.6. The van der Waals surface area contributed by atoms with Gasteiger partial charge in [-0.15, -0.1) is 5.10 Å². The Hall–Kier alpha value is -3.07. The van der Waals surface area contributed by atoms with Crippen LogP contribution in [-0.2, 0) is 9.84 Å². The Bertz CT molecular complexity index is 1040. The molecule has 0 atom stereocenters. The van der Waals surface area contributed by atoms with Crippen LogP contribution in [-0.4, -0.2) is 34.5 Å². The summed E-state index contributed by atoms with van der Waals surface area (Å²) in [4.78, 5) is 10.8. The molecule has 3 aromatic rings. The third kappa shape index (κ3) is 3.01. The van der Waals surface area contributed by atoms with Crippen molar-refractivity contribution in [1.29, 1.82) is 0 Å². The summed E-state index contributed by atoms with van der Waals surface area (Å²) in [6, 6.07) is 10.2. The molecule has 9 heteroatoms. The van der Waals surface area contributed by atoms with Gasteiger partial charge >= 0.3 is 5.97 Å². The zero-order valence-electron chi connectivity index (χ0n) is 12.9. The first kappa shape index (κ1) is 16.8. The molecule has 0 aliphatic rings. The van der Waals surface area contributed by atoms with E-state index in [4.69, 9.17) is 5.11 Å². The lowest BCUT2D eigenvalue weighted by Gasteiger charge is -2.05. The number of sulfone groups is 1. The summed E-state index contributed by atoms with van der Waals surface area (Å²) in [5, 5.41) is 16.2. The Morgan fingerprint density at radius 3 is 2.24 bits per heavy atom. The molecule has 0 radical (unpaired) electrons. The normalized spacial score (nSPS) is 11.4. The van der Waals surface area contributed by atoms with Gasteiger partial charge in [0.1, 0.15) is 5.82 Å². The molecule has 2 aromatic carbocycles. The highest BCUT2D eigenvalue weighted by atomic mass is 32.2. The fourth-order valence-corrected chi connectivity index (χ4v) is 3.62. The first-order valence-corrected chi connectivity index (χ1v) is 8.56. The number of aromatic carboxylic acids is 1.